The highest BCUT2D eigenvalue weighted by molar-refractivity contribution is 8.00. The molecule has 24 heteroatoms. The number of carbonyl (C=O) groups is 10. The first kappa shape index (κ1) is 54.2. The second kappa shape index (κ2) is 27.4. The van der Waals surface area contributed by atoms with Crippen LogP contribution in [0, 0.1) is 11.8 Å². The average molecular weight is 972 g/mol. The molecular formula is C44H65N11O12S. The summed E-state index contributed by atoms with van der Waals surface area (Å²) in [6.45, 7) is 2.74. The summed E-state index contributed by atoms with van der Waals surface area (Å²) in [5, 5.41) is 40.6. The van der Waals surface area contributed by atoms with Crippen molar-refractivity contribution in [2.24, 2.45) is 17.6 Å². The highest BCUT2D eigenvalue weighted by Gasteiger charge is 2.42. The fraction of sp³-hybridized carbons (Fsp3) is 0.591. The third kappa shape index (κ3) is 18.0. The van der Waals surface area contributed by atoms with Crippen LogP contribution in [0.25, 0.3) is 10.9 Å². The minimum Gasteiger partial charge on any atom is -0.481 e. The van der Waals surface area contributed by atoms with Gasteiger partial charge < -0.3 is 58.4 Å². The maximum Gasteiger partial charge on any atom is 0.315 e. The van der Waals surface area contributed by atoms with Crippen LogP contribution in [0.5, 0.6) is 0 Å². The van der Waals surface area contributed by atoms with Crippen molar-refractivity contribution >= 4 is 81.9 Å². The molecular weight excluding hydrogens is 907 g/mol. The molecule has 2 aliphatic rings. The number of benzene rings is 1. The van der Waals surface area contributed by atoms with Gasteiger partial charge in [0.15, 0.2) is 0 Å². The molecule has 0 bridgehead atoms. The number of fused-ring (bicyclic) bond motifs is 2. The number of hydrogen-bond donors (Lipinski definition) is 13. The molecule has 374 valence electrons. The summed E-state index contributed by atoms with van der Waals surface area (Å²) < 4.78 is 0. The number of rotatable bonds is 30. The van der Waals surface area contributed by atoms with E-state index in [9.17, 15) is 53.1 Å². The number of carboxylic acid groups (broad SMARTS) is 1. The molecule has 1 unspecified atom stereocenters. The molecule has 0 saturated carbocycles. The fourth-order valence-corrected chi connectivity index (χ4v) is 9.62. The molecule has 0 spiro atoms. The van der Waals surface area contributed by atoms with Crippen LogP contribution >= 0.6 is 11.8 Å². The molecule has 2 fully saturated rings. The molecule has 68 heavy (non-hydrogen) atoms. The molecule has 2 aliphatic heterocycles. The zero-order chi connectivity index (χ0) is 49.8. The van der Waals surface area contributed by atoms with Gasteiger partial charge in [-0.1, -0.05) is 38.5 Å². The minimum atomic E-state index is -1.50. The number of primary amides is 1. The molecule has 2 aromatic rings. The number of hydroxylamine groups is 1. The first-order valence-corrected chi connectivity index (χ1v) is 23.9. The van der Waals surface area contributed by atoms with Gasteiger partial charge >= 0.3 is 12.0 Å². The lowest BCUT2D eigenvalue weighted by molar-refractivity contribution is -0.138. The molecule has 3 heterocycles. The Bertz CT molecular complexity index is 2120. The van der Waals surface area contributed by atoms with Gasteiger partial charge in [-0.25, -0.2) is 10.3 Å². The number of hydrogen-bond acceptors (Lipinski definition) is 12. The van der Waals surface area contributed by atoms with Crippen LogP contribution < -0.4 is 53.7 Å². The number of aliphatic carboxylic acids is 1. The van der Waals surface area contributed by atoms with Crippen molar-refractivity contribution in [1.29, 1.82) is 0 Å². The minimum absolute atomic E-state index is 0.0512. The quantitative estimate of drug-likeness (QED) is 0.0200. The van der Waals surface area contributed by atoms with E-state index in [0.717, 1.165) is 29.5 Å². The van der Waals surface area contributed by atoms with E-state index in [1.807, 2.05) is 31.7 Å². The number of carbonyl (C=O) groups excluding carboxylic acids is 9. The van der Waals surface area contributed by atoms with E-state index in [0.29, 0.717) is 43.0 Å². The lowest BCUT2D eigenvalue weighted by Gasteiger charge is -2.25. The highest BCUT2D eigenvalue weighted by Crippen LogP contribution is 2.33. The summed E-state index contributed by atoms with van der Waals surface area (Å²) in [5.74, 6) is -7.16. The van der Waals surface area contributed by atoms with Gasteiger partial charge in [0.1, 0.15) is 18.1 Å². The summed E-state index contributed by atoms with van der Waals surface area (Å²) in [7, 11) is 0. The van der Waals surface area contributed by atoms with Crippen LogP contribution in [0.1, 0.15) is 90.0 Å². The number of unbranched alkanes of at least 4 members (excludes halogenated alkanes) is 2. The number of carboxylic acids is 1. The Morgan fingerprint density at radius 1 is 0.779 bits per heavy atom. The second-order valence-electron chi connectivity index (χ2n) is 17.4. The van der Waals surface area contributed by atoms with Crippen LogP contribution in [-0.4, -0.2) is 135 Å². The maximum atomic E-state index is 13.9. The zero-order valence-corrected chi connectivity index (χ0v) is 39.1. The van der Waals surface area contributed by atoms with E-state index in [1.54, 1.807) is 24.4 Å². The van der Waals surface area contributed by atoms with Crippen molar-refractivity contribution in [2.75, 3.05) is 25.4 Å². The normalized spacial score (nSPS) is 17.9. The Balaban J connectivity index is 1.22. The molecule has 2 saturated heterocycles. The molecule has 14 N–H and O–H groups in total. The van der Waals surface area contributed by atoms with Gasteiger partial charge in [0, 0.05) is 66.2 Å². The molecule has 4 rings (SSSR count). The number of aromatic nitrogens is 1. The van der Waals surface area contributed by atoms with E-state index in [4.69, 9.17) is 10.9 Å². The molecule has 23 nitrogen and oxygen atoms in total. The monoisotopic (exact) mass is 971 g/mol. The van der Waals surface area contributed by atoms with Gasteiger partial charge in [-0.15, -0.1) is 0 Å². The van der Waals surface area contributed by atoms with Crippen molar-refractivity contribution in [2.45, 2.75) is 126 Å². The lowest BCUT2D eigenvalue weighted by Crippen LogP contribution is -2.56. The number of para-hydroxylation sites is 1. The first-order chi connectivity index (χ1) is 32.4. The topological polar surface area (TPSA) is 361 Å². The Labute approximate surface area is 397 Å². The summed E-state index contributed by atoms with van der Waals surface area (Å²) in [6.07, 6.45) is 4.39. The van der Waals surface area contributed by atoms with Crippen molar-refractivity contribution in [3.8, 4) is 0 Å². The van der Waals surface area contributed by atoms with Gasteiger partial charge in [-0.2, -0.15) is 11.8 Å². The van der Waals surface area contributed by atoms with Crippen LogP contribution in [0.15, 0.2) is 30.5 Å². The molecule has 1 aromatic heterocycles. The highest BCUT2D eigenvalue weighted by atomic mass is 32.2. The number of H-pyrrole nitrogens is 1. The predicted molar refractivity (Wildman–Crippen MR) is 248 cm³/mol. The summed E-state index contributed by atoms with van der Waals surface area (Å²) in [5.41, 5.74) is 8.38. The smallest absolute Gasteiger partial charge is 0.315 e. The number of nitrogens with one attached hydrogen (secondary N) is 10. The van der Waals surface area contributed by atoms with E-state index < -0.39 is 97.3 Å². The average Bonchev–Trinajstić information content (AvgIpc) is 4.00. The van der Waals surface area contributed by atoms with Gasteiger partial charge in [0.05, 0.1) is 25.2 Å². The van der Waals surface area contributed by atoms with Crippen molar-refractivity contribution < 1.29 is 58.3 Å². The molecule has 10 amide bonds. The van der Waals surface area contributed by atoms with Crippen molar-refractivity contribution in [3.05, 3.63) is 36.0 Å². The van der Waals surface area contributed by atoms with Crippen LogP contribution in [-0.2, 0) is 49.6 Å². The third-order valence-corrected chi connectivity index (χ3v) is 13.1. The largest absolute Gasteiger partial charge is 0.481 e. The Kier molecular flexibility index (Phi) is 21.8. The molecule has 0 radical (unpaired) electrons. The predicted octanol–water partition coefficient (Wildman–Crippen LogP) is -0.683. The van der Waals surface area contributed by atoms with Gasteiger partial charge in [0.25, 0.3) is 0 Å². The molecule has 7 atom stereocenters. The fourth-order valence-electron chi connectivity index (χ4n) is 8.08. The van der Waals surface area contributed by atoms with Crippen LogP contribution in [0.4, 0.5) is 4.79 Å². The summed E-state index contributed by atoms with van der Waals surface area (Å²) >= 11 is 1.82. The Morgan fingerprint density at radius 2 is 1.51 bits per heavy atom. The van der Waals surface area contributed by atoms with Gasteiger partial charge in [-0.3, -0.25) is 48.4 Å². The van der Waals surface area contributed by atoms with Crippen LogP contribution in [0.2, 0.25) is 0 Å². The molecule has 1 aromatic carbocycles. The number of thioether (sulfide) groups is 1. The van der Waals surface area contributed by atoms with E-state index >= 15 is 0 Å². The van der Waals surface area contributed by atoms with E-state index in [1.165, 1.54) is 5.48 Å². The van der Waals surface area contributed by atoms with Gasteiger partial charge in [0.2, 0.25) is 47.3 Å². The Morgan fingerprint density at radius 3 is 2.24 bits per heavy atom. The number of urea groups is 1. The van der Waals surface area contributed by atoms with Crippen LogP contribution in [0.3, 0.4) is 0 Å². The Hall–Kier alpha value is -6.43. The SMILES string of the molecule is CC(C)CC(CC(=O)NO)C(=O)N[C@@H](Cc1c[nH]c2ccccc12)C(=O)N[C@@H](CCC(=O)O)C(=O)NCC(=O)NCC(=O)N[C@@H](CCCCNC(=O)CCCC[C@@H]1SC[C@@H]2NC(=O)N[C@@H]21)C(N)=O. The third-order valence-electron chi connectivity index (χ3n) is 11.6. The number of nitrogens with two attached hydrogens (primary N) is 1. The van der Waals surface area contributed by atoms with E-state index in [2.05, 4.69) is 47.5 Å². The number of amides is 10. The maximum absolute atomic E-state index is 13.9. The summed E-state index contributed by atoms with van der Waals surface area (Å²) in [4.78, 5) is 129. The molecule has 0 aliphatic carbocycles. The summed E-state index contributed by atoms with van der Waals surface area (Å²) in [6, 6.07) is 3.46. The van der Waals surface area contributed by atoms with Crippen molar-refractivity contribution in [3.63, 3.8) is 0 Å². The van der Waals surface area contributed by atoms with Gasteiger partial charge in [-0.05, 0) is 62.5 Å². The second-order valence-corrected chi connectivity index (χ2v) is 18.7. The van der Waals surface area contributed by atoms with Crippen molar-refractivity contribution in [1.82, 2.24) is 53.0 Å². The zero-order valence-electron chi connectivity index (χ0n) is 38.3. The first-order valence-electron chi connectivity index (χ1n) is 22.8. The number of aromatic amines is 1. The van der Waals surface area contributed by atoms with E-state index in [-0.39, 0.29) is 55.6 Å². The lowest BCUT2D eigenvalue weighted by atomic mass is 9.92. The standard InChI is InChI=1S/C44H65N11O12S/c1-24(2)17-25(19-35(57)55-67)41(63)52-31(18-26-20-47-28-10-4-3-9-27(26)28)43(65)51-30(14-15-38(60)61)42(64)49-21-36(58)48-22-37(59)50-29(40(45)62)11-7-8-16-46-34(56)13-6-5-12-33-39-32(23-68-33)53-44(66)54-39/h3-4,9-10,20,24-25,29-33,39,47,67H,5-8,11-19,21-23H2,1-2H3,(H2,45,62)(H,46,56)(H,48,58)(H,49,64)(H,50,59)(H,51,65)(H,52,63)(H,55,57)(H,60,61)(H2,53,54,66)/t25?,29-,30-,31-,32-,33-,39-/m0/s1.